The van der Waals surface area contributed by atoms with Gasteiger partial charge in [-0.3, -0.25) is 9.98 Å². The summed E-state index contributed by atoms with van der Waals surface area (Å²) in [6.45, 7) is 5.39. The Hall–Kier alpha value is -1.72. The number of aryl methyl sites for hydroxylation is 1. The average molecular weight is 531 g/mol. The van der Waals surface area contributed by atoms with Crippen molar-refractivity contribution in [2.24, 2.45) is 4.99 Å². The molecule has 0 spiro atoms. The van der Waals surface area contributed by atoms with Crippen molar-refractivity contribution in [2.75, 3.05) is 19.6 Å². The maximum atomic E-state index is 12.2. The van der Waals surface area contributed by atoms with Crippen molar-refractivity contribution in [3.8, 4) is 0 Å². The second-order valence-electron chi connectivity index (χ2n) is 6.42. The zero-order chi connectivity index (χ0) is 20.2. The van der Waals surface area contributed by atoms with E-state index in [9.17, 15) is 8.42 Å². The molecule has 0 aliphatic rings. The summed E-state index contributed by atoms with van der Waals surface area (Å²) in [5.41, 5.74) is 1.31. The Morgan fingerprint density at radius 3 is 2.59 bits per heavy atom. The number of benzene rings is 1. The van der Waals surface area contributed by atoms with E-state index in [0.29, 0.717) is 12.5 Å². The SMILES string of the molecule is CCNC(=NCCNS(=O)(=O)c1cccnc1)NC(C)CCc1ccccc1.I. The van der Waals surface area contributed by atoms with E-state index in [1.54, 1.807) is 6.07 Å². The first-order valence-electron chi connectivity index (χ1n) is 9.49. The Kier molecular flexibility index (Phi) is 11.8. The molecule has 0 aliphatic carbocycles. The number of rotatable bonds is 10. The fourth-order valence-electron chi connectivity index (χ4n) is 2.59. The summed E-state index contributed by atoms with van der Waals surface area (Å²) in [7, 11) is -3.56. The number of hydrogen-bond acceptors (Lipinski definition) is 4. The largest absolute Gasteiger partial charge is 0.357 e. The number of nitrogens with one attached hydrogen (secondary N) is 3. The number of pyridine rings is 1. The van der Waals surface area contributed by atoms with Crippen molar-refractivity contribution in [3.63, 3.8) is 0 Å². The highest BCUT2D eigenvalue weighted by atomic mass is 127. The number of aliphatic imine (C=N–C) groups is 1. The highest BCUT2D eigenvalue weighted by molar-refractivity contribution is 14.0. The lowest BCUT2D eigenvalue weighted by molar-refractivity contribution is 0.580. The molecule has 0 saturated heterocycles. The van der Waals surface area contributed by atoms with E-state index in [2.05, 4.69) is 44.4 Å². The van der Waals surface area contributed by atoms with Crippen LogP contribution in [0.2, 0.25) is 0 Å². The Bertz CT molecular complexity index is 832. The molecule has 1 aromatic heterocycles. The monoisotopic (exact) mass is 531 g/mol. The summed E-state index contributed by atoms with van der Waals surface area (Å²) in [4.78, 5) is 8.45. The Balaban J connectivity index is 0.00000420. The van der Waals surface area contributed by atoms with E-state index in [0.717, 1.165) is 19.4 Å². The smallest absolute Gasteiger partial charge is 0.242 e. The van der Waals surface area contributed by atoms with Crippen molar-refractivity contribution < 1.29 is 8.42 Å². The van der Waals surface area contributed by atoms with E-state index in [-0.39, 0.29) is 41.5 Å². The third-order valence-corrected chi connectivity index (χ3v) is 5.50. The van der Waals surface area contributed by atoms with Crippen molar-refractivity contribution in [1.29, 1.82) is 0 Å². The van der Waals surface area contributed by atoms with Gasteiger partial charge in [0.25, 0.3) is 0 Å². The molecule has 0 aliphatic heterocycles. The van der Waals surface area contributed by atoms with Crippen LogP contribution in [0.1, 0.15) is 25.8 Å². The number of aromatic nitrogens is 1. The number of hydrogen-bond donors (Lipinski definition) is 3. The Morgan fingerprint density at radius 2 is 1.93 bits per heavy atom. The highest BCUT2D eigenvalue weighted by Crippen LogP contribution is 2.05. The maximum absolute atomic E-state index is 12.2. The second kappa shape index (κ2) is 13.5. The molecule has 0 bridgehead atoms. The van der Waals surface area contributed by atoms with Crippen LogP contribution >= 0.6 is 24.0 Å². The van der Waals surface area contributed by atoms with Gasteiger partial charge in [0.2, 0.25) is 10.0 Å². The van der Waals surface area contributed by atoms with Crippen LogP contribution in [0.25, 0.3) is 0 Å². The molecule has 9 heteroatoms. The van der Waals surface area contributed by atoms with Crippen LogP contribution in [-0.4, -0.2) is 45.0 Å². The molecule has 160 valence electrons. The second-order valence-corrected chi connectivity index (χ2v) is 8.18. The molecule has 3 N–H and O–H groups in total. The van der Waals surface area contributed by atoms with Crippen molar-refractivity contribution >= 4 is 40.0 Å². The molecule has 1 aromatic carbocycles. The summed E-state index contributed by atoms with van der Waals surface area (Å²) in [5, 5.41) is 6.56. The molecular weight excluding hydrogens is 501 g/mol. The normalized spacial score (nSPS) is 12.7. The number of guanidine groups is 1. The summed E-state index contributed by atoms with van der Waals surface area (Å²) in [6.07, 6.45) is 4.82. The van der Waals surface area contributed by atoms with E-state index < -0.39 is 10.0 Å². The van der Waals surface area contributed by atoms with E-state index in [1.165, 1.54) is 24.0 Å². The molecule has 2 rings (SSSR count). The zero-order valence-electron chi connectivity index (χ0n) is 16.8. The van der Waals surface area contributed by atoms with E-state index in [1.807, 2.05) is 25.1 Å². The van der Waals surface area contributed by atoms with Gasteiger partial charge in [-0.25, -0.2) is 13.1 Å². The fraction of sp³-hybridized carbons (Fsp3) is 0.400. The van der Waals surface area contributed by atoms with Gasteiger partial charge in [0, 0.05) is 31.5 Å². The third kappa shape index (κ3) is 9.55. The van der Waals surface area contributed by atoms with Gasteiger partial charge in [-0.1, -0.05) is 30.3 Å². The lowest BCUT2D eigenvalue weighted by atomic mass is 10.1. The maximum Gasteiger partial charge on any atom is 0.242 e. The van der Waals surface area contributed by atoms with Crippen LogP contribution in [0.3, 0.4) is 0 Å². The van der Waals surface area contributed by atoms with Gasteiger partial charge in [-0.2, -0.15) is 0 Å². The molecule has 2 aromatic rings. The molecule has 29 heavy (non-hydrogen) atoms. The van der Waals surface area contributed by atoms with Crippen LogP contribution in [0.15, 0.2) is 64.7 Å². The number of sulfonamides is 1. The standard InChI is InChI=1S/C20H29N5O2S.HI/c1-3-22-20(25-17(2)11-12-18-8-5-4-6-9-18)23-14-15-24-28(26,27)19-10-7-13-21-16-19;/h4-10,13,16-17,24H,3,11-12,14-15H2,1-2H3,(H2,22,23,25);1H. The topological polar surface area (TPSA) is 95.5 Å². The minimum Gasteiger partial charge on any atom is -0.357 e. The van der Waals surface area contributed by atoms with Gasteiger partial charge in [-0.15, -0.1) is 24.0 Å². The van der Waals surface area contributed by atoms with Gasteiger partial charge in [0.15, 0.2) is 5.96 Å². The molecule has 0 saturated carbocycles. The third-order valence-electron chi connectivity index (χ3n) is 4.05. The summed E-state index contributed by atoms with van der Waals surface area (Å²) in [5.74, 6) is 0.684. The minimum atomic E-state index is -3.56. The highest BCUT2D eigenvalue weighted by Gasteiger charge is 2.12. The first-order valence-corrected chi connectivity index (χ1v) is 11.0. The summed E-state index contributed by atoms with van der Waals surface area (Å²) >= 11 is 0. The number of nitrogens with zero attached hydrogens (tertiary/aromatic N) is 2. The molecule has 7 nitrogen and oxygen atoms in total. The van der Waals surface area contributed by atoms with Gasteiger partial charge in [0.1, 0.15) is 4.90 Å². The lowest BCUT2D eigenvalue weighted by Crippen LogP contribution is -2.42. The predicted octanol–water partition coefficient (Wildman–Crippen LogP) is 2.55. The molecule has 1 unspecified atom stereocenters. The lowest BCUT2D eigenvalue weighted by Gasteiger charge is -2.18. The molecule has 0 radical (unpaired) electrons. The molecular formula is C20H30IN5O2S. The van der Waals surface area contributed by atoms with Crippen LogP contribution in [0.5, 0.6) is 0 Å². The first-order chi connectivity index (χ1) is 13.5. The van der Waals surface area contributed by atoms with Gasteiger partial charge in [0.05, 0.1) is 6.54 Å². The van der Waals surface area contributed by atoms with Crippen molar-refractivity contribution in [1.82, 2.24) is 20.3 Å². The Morgan fingerprint density at radius 1 is 1.17 bits per heavy atom. The van der Waals surface area contributed by atoms with Gasteiger partial charge < -0.3 is 10.6 Å². The average Bonchev–Trinajstić information content (AvgIpc) is 2.71. The van der Waals surface area contributed by atoms with Gasteiger partial charge in [-0.05, 0) is 44.4 Å². The zero-order valence-corrected chi connectivity index (χ0v) is 20.0. The van der Waals surface area contributed by atoms with E-state index >= 15 is 0 Å². The number of halogens is 1. The van der Waals surface area contributed by atoms with Crippen molar-refractivity contribution in [2.45, 2.75) is 37.6 Å². The van der Waals surface area contributed by atoms with Crippen molar-refractivity contribution in [3.05, 3.63) is 60.4 Å². The van der Waals surface area contributed by atoms with Crippen LogP contribution < -0.4 is 15.4 Å². The summed E-state index contributed by atoms with van der Waals surface area (Å²) in [6, 6.07) is 13.7. The molecule has 0 fully saturated rings. The molecule has 1 atom stereocenters. The molecule has 0 amide bonds. The van der Waals surface area contributed by atoms with Crippen LogP contribution in [0, 0.1) is 0 Å². The first kappa shape index (κ1) is 25.3. The minimum absolute atomic E-state index is 0. The quantitative estimate of drug-likeness (QED) is 0.190. The molecule has 1 heterocycles. The predicted molar refractivity (Wildman–Crippen MR) is 128 cm³/mol. The Labute approximate surface area is 190 Å². The fourth-order valence-corrected chi connectivity index (χ4v) is 3.57. The van der Waals surface area contributed by atoms with Crippen LogP contribution in [0.4, 0.5) is 0 Å². The van der Waals surface area contributed by atoms with E-state index in [4.69, 9.17) is 0 Å². The van der Waals surface area contributed by atoms with Gasteiger partial charge >= 0.3 is 0 Å². The van der Waals surface area contributed by atoms with Crippen LogP contribution in [-0.2, 0) is 16.4 Å². The summed E-state index contributed by atoms with van der Waals surface area (Å²) < 4.78 is 26.9.